The summed E-state index contributed by atoms with van der Waals surface area (Å²) in [5.74, 6) is 1.64. The topological polar surface area (TPSA) is 38.1 Å². The van der Waals surface area contributed by atoms with E-state index in [4.69, 9.17) is 4.42 Å². The van der Waals surface area contributed by atoms with E-state index in [-0.39, 0.29) is 0 Å². The molecule has 102 valence electrons. The van der Waals surface area contributed by atoms with Crippen molar-refractivity contribution in [3.63, 3.8) is 0 Å². The molecular formula is C15H20N2OS. The Morgan fingerprint density at radius 1 is 1.42 bits per heavy atom. The second-order valence-electron chi connectivity index (χ2n) is 5.27. The van der Waals surface area contributed by atoms with E-state index in [1.807, 2.05) is 18.3 Å². The number of fused-ring (bicyclic) bond motifs is 1. The van der Waals surface area contributed by atoms with Gasteiger partial charge in [-0.1, -0.05) is 0 Å². The van der Waals surface area contributed by atoms with Crippen molar-refractivity contribution in [1.82, 2.24) is 10.3 Å². The molecule has 0 aromatic carbocycles. The molecule has 0 amide bonds. The first-order valence-electron chi connectivity index (χ1n) is 6.98. The van der Waals surface area contributed by atoms with Crippen LogP contribution in [-0.2, 0) is 19.4 Å². The summed E-state index contributed by atoms with van der Waals surface area (Å²) < 4.78 is 5.48. The largest absolute Gasteiger partial charge is 0.445 e. The van der Waals surface area contributed by atoms with E-state index >= 15 is 0 Å². The molecule has 2 aromatic rings. The minimum atomic E-state index is 0.364. The fraction of sp³-hybridized carbons (Fsp3) is 0.533. The predicted octanol–water partition coefficient (Wildman–Crippen LogP) is 3.77. The number of nitrogens with one attached hydrogen (secondary N) is 1. The molecule has 0 bridgehead atoms. The number of rotatable bonds is 4. The van der Waals surface area contributed by atoms with Crippen molar-refractivity contribution in [3.8, 4) is 0 Å². The van der Waals surface area contributed by atoms with Crippen molar-refractivity contribution in [2.45, 2.75) is 52.1 Å². The number of nitrogens with zero attached hydrogens (tertiary/aromatic N) is 1. The van der Waals surface area contributed by atoms with E-state index in [0.717, 1.165) is 11.7 Å². The van der Waals surface area contributed by atoms with Gasteiger partial charge in [-0.05, 0) is 51.2 Å². The highest BCUT2D eigenvalue weighted by molar-refractivity contribution is 7.12. The third-order valence-corrected chi connectivity index (χ3v) is 5.09. The standard InChI is InChI=1S/C15H20N2OS/c1-10-8-17-15(18-10)9-16-11(2)14-7-12-5-3-4-6-13(12)19-14/h7-8,11,16H,3-6,9H2,1-2H3. The fourth-order valence-electron chi connectivity index (χ4n) is 2.55. The number of hydrogen-bond acceptors (Lipinski definition) is 4. The third kappa shape index (κ3) is 2.90. The van der Waals surface area contributed by atoms with Crippen LogP contribution < -0.4 is 5.32 Å². The molecule has 1 aliphatic rings. The molecule has 0 aliphatic heterocycles. The molecule has 1 unspecified atom stereocenters. The first-order chi connectivity index (χ1) is 9.22. The van der Waals surface area contributed by atoms with Gasteiger partial charge in [0.25, 0.3) is 0 Å². The van der Waals surface area contributed by atoms with Gasteiger partial charge in [0.15, 0.2) is 0 Å². The lowest BCUT2D eigenvalue weighted by atomic mass is 9.99. The maximum absolute atomic E-state index is 5.48. The summed E-state index contributed by atoms with van der Waals surface area (Å²) in [6.07, 6.45) is 7.00. The summed E-state index contributed by atoms with van der Waals surface area (Å²) in [6.45, 7) is 4.83. The SMILES string of the molecule is Cc1cnc(CNC(C)c2cc3c(s2)CCCC3)o1. The molecule has 0 radical (unpaired) electrons. The van der Waals surface area contributed by atoms with Gasteiger partial charge in [-0.3, -0.25) is 0 Å². The summed E-state index contributed by atoms with van der Waals surface area (Å²) in [7, 11) is 0. The molecule has 2 heterocycles. The predicted molar refractivity (Wildman–Crippen MR) is 77.5 cm³/mol. The molecule has 1 aliphatic carbocycles. The summed E-state index contributed by atoms with van der Waals surface area (Å²) in [6, 6.07) is 2.75. The lowest BCUT2D eigenvalue weighted by Gasteiger charge is -2.09. The van der Waals surface area contributed by atoms with Crippen molar-refractivity contribution in [2.24, 2.45) is 0 Å². The average molecular weight is 276 g/mol. The van der Waals surface area contributed by atoms with Crippen LogP contribution in [0, 0.1) is 6.92 Å². The van der Waals surface area contributed by atoms with Crippen molar-refractivity contribution in [1.29, 1.82) is 0 Å². The van der Waals surface area contributed by atoms with Crippen LogP contribution in [0.1, 0.15) is 52.8 Å². The molecule has 1 atom stereocenters. The molecule has 0 spiro atoms. The Morgan fingerprint density at radius 3 is 3.00 bits per heavy atom. The highest BCUT2D eigenvalue weighted by Crippen LogP contribution is 2.32. The van der Waals surface area contributed by atoms with Gasteiger partial charge < -0.3 is 9.73 Å². The maximum atomic E-state index is 5.48. The summed E-state index contributed by atoms with van der Waals surface area (Å²) in [5.41, 5.74) is 1.58. The van der Waals surface area contributed by atoms with Crippen LogP contribution in [-0.4, -0.2) is 4.98 Å². The van der Waals surface area contributed by atoms with E-state index in [9.17, 15) is 0 Å². The van der Waals surface area contributed by atoms with Crippen molar-refractivity contribution < 1.29 is 4.42 Å². The van der Waals surface area contributed by atoms with Gasteiger partial charge in [-0.25, -0.2) is 4.98 Å². The number of hydrogen-bond donors (Lipinski definition) is 1. The Morgan fingerprint density at radius 2 is 2.26 bits per heavy atom. The first-order valence-corrected chi connectivity index (χ1v) is 7.80. The van der Waals surface area contributed by atoms with Crippen molar-refractivity contribution >= 4 is 11.3 Å². The average Bonchev–Trinajstić information content (AvgIpc) is 3.01. The van der Waals surface area contributed by atoms with Crippen LogP contribution in [0.5, 0.6) is 0 Å². The van der Waals surface area contributed by atoms with Gasteiger partial charge in [0.2, 0.25) is 5.89 Å². The highest BCUT2D eigenvalue weighted by atomic mass is 32.1. The third-order valence-electron chi connectivity index (χ3n) is 3.67. The zero-order valence-electron chi connectivity index (χ0n) is 11.5. The second kappa shape index (κ2) is 5.47. The van der Waals surface area contributed by atoms with Gasteiger partial charge in [-0.2, -0.15) is 0 Å². The smallest absolute Gasteiger partial charge is 0.208 e. The highest BCUT2D eigenvalue weighted by Gasteiger charge is 2.16. The zero-order valence-corrected chi connectivity index (χ0v) is 12.3. The van der Waals surface area contributed by atoms with Crippen LogP contribution in [0.4, 0.5) is 0 Å². The van der Waals surface area contributed by atoms with Gasteiger partial charge in [0.05, 0.1) is 12.7 Å². The normalized spacial score (nSPS) is 16.3. The molecule has 1 N–H and O–H groups in total. The van der Waals surface area contributed by atoms with Crippen LogP contribution in [0.25, 0.3) is 0 Å². The fourth-order valence-corrected chi connectivity index (χ4v) is 3.84. The molecule has 3 nitrogen and oxygen atoms in total. The Kier molecular flexibility index (Phi) is 3.71. The molecule has 19 heavy (non-hydrogen) atoms. The van der Waals surface area contributed by atoms with Crippen molar-refractivity contribution in [2.75, 3.05) is 0 Å². The van der Waals surface area contributed by atoms with Crippen LogP contribution in [0.3, 0.4) is 0 Å². The van der Waals surface area contributed by atoms with Crippen LogP contribution in [0.15, 0.2) is 16.7 Å². The molecule has 4 heteroatoms. The maximum Gasteiger partial charge on any atom is 0.208 e. The second-order valence-corrected chi connectivity index (χ2v) is 6.44. The zero-order chi connectivity index (χ0) is 13.2. The minimum Gasteiger partial charge on any atom is -0.445 e. The molecule has 0 fully saturated rings. The van der Waals surface area contributed by atoms with E-state index in [1.54, 1.807) is 16.6 Å². The van der Waals surface area contributed by atoms with Gasteiger partial charge in [-0.15, -0.1) is 11.3 Å². The van der Waals surface area contributed by atoms with Crippen molar-refractivity contribution in [3.05, 3.63) is 39.2 Å². The monoisotopic (exact) mass is 276 g/mol. The molecule has 2 aromatic heterocycles. The number of aryl methyl sites for hydroxylation is 3. The Hall–Kier alpha value is -1.13. The van der Waals surface area contributed by atoms with E-state index < -0.39 is 0 Å². The first kappa shape index (κ1) is 12.9. The van der Waals surface area contributed by atoms with E-state index in [1.165, 1.54) is 30.6 Å². The summed E-state index contributed by atoms with van der Waals surface area (Å²) in [4.78, 5) is 7.26. The number of thiophene rings is 1. The summed E-state index contributed by atoms with van der Waals surface area (Å²) in [5, 5.41) is 3.49. The molecule has 3 rings (SSSR count). The Labute approximate surface area is 118 Å². The molecule has 0 saturated carbocycles. The summed E-state index contributed by atoms with van der Waals surface area (Å²) >= 11 is 1.97. The Balaban J connectivity index is 1.63. The van der Waals surface area contributed by atoms with Gasteiger partial charge >= 0.3 is 0 Å². The Bertz CT molecular complexity index is 535. The van der Waals surface area contributed by atoms with Crippen LogP contribution in [0.2, 0.25) is 0 Å². The number of oxazole rings is 1. The van der Waals surface area contributed by atoms with E-state index in [2.05, 4.69) is 23.3 Å². The molecule has 0 saturated heterocycles. The molecular weight excluding hydrogens is 256 g/mol. The minimum absolute atomic E-state index is 0.364. The van der Waals surface area contributed by atoms with Crippen LogP contribution >= 0.6 is 11.3 Å². The quantitative estimate of drug-likeness (QED) is 0.923. The lowest BCUT2D eigenvalue weighted by molar-refractivity contribution is 0.433. The van der Waals surface area contributed by atoms with Gasteiger partial charge in [0.1, 0.15) is 5.76 Å². The number of aromatic nitrogens is 1. The lowest BCUT2D eigenvalue weighted by Crippen LogP contribution is -2.17. The van der Waals surface area contributed by atoms with E-state index in [0.29, 0.717) is 12.6 Å². The van der Waals surface area contributed by atoms with Gasteiger partial charge in [0, 0.05) is 15.8 Å².